The lowest BCUT2D eigenvalue weighted by Crippen LogP contribution is -2.40. The van der Waals surface area contributed by atoms with Crippen molar-refractivity contribution in [2.45, 2.75) is 39.2 Å². The van der Waals surface area contributed by atoms with Crippen molar-refractivity contribution >= 4 is 38.6 Å². The highest BCUT2D eigenvalue weighted by atomic mass is 79.9. The van der Waals surface area contributed by atoms with Crippen LogP contribution in [0.15, 0.2) is 21.2 Å². The molecule has 5 nitrogen and oxygen atoms in total. The van der Waals surface area contributed by atoms with Crippen molar-refractivity contribution in [2.24, 2.45) is 0 Å². The largest absolute Gasteiger partial charge is 0.465 e. The average Bonchev–Trinajstić information content (AvgIpc) is 3.01. The number of hydrogen-bond acceptors (Lipinski definition) is 5. The van der Waals surface area contributed by atoms with Crippen molar-refractivity contribution in [3.63, 3.8) is 0 Å². The number of benzene rings is 1. The highest BCUT2D eigenvalue weighted by Gasteiger charge is 2.27. The van der Waals surface area contributed by atoms with Gasteiger partial charge < -0.3 is 18.8 Å². The van der Waals surface area contributed by atoms with Gasteiger partial charge in [-0.05, 0) is 53.7 Å². The summed E-state index contributed by atoms with van der Waals surface area (Å²) in [5, 5.41) is 0.794. The molecule has 1 aliphatic rings. The standard InChI is InChI=1S/C19H24BrNO4/c1-4-13-15(21(5-2)12-6-8-24-9-7-12)11-16-14(10-17(20)25-16)18(13)19(22)23-3/h10-12H,4-9H2,1-3H3. The maximum absolute atomic E-state index is 12.5. The van der Waals surface area contributed by atoms with Gasteiger partial charge in [0.1, 0.15) is 5.58 Å². The Bertz CT molecular complexity index is 764. The summed E-state index contributed by atoms with van der Waals surface area (Å²) in [6, 6.07) is 4.31. The number of anilines is 1. The number of halogens is 1. The Hall–Kier alpha value is -1.53. The van der Waals surface area contributed by atoms with Crippen LogP contribution in [-0.4, -0.2) is 38.9 Å². The molecule has 2 aromatic rings. The van der Waals surface area contributed by atoms with Crippen LogP contribution in [0.2, 0.25) is 0 Å². The number of fused-ring (bicyclic) bond motifs is 1. The van der Waals surface area contributed by atoms with E-state index in [0.29, 0.717) is 21.9 Å². The minimum absolute atomic E-state index is 0.319. The average molecular weight is 410 g/mol. The van der Waals surface area contributed by atoms with E-state index < -0.39 is 0 Å². The molecular weight excluding hydrogens is 386 g/mol. The van der Waals surface area contributed by atoms with Crippen molar-refractivity contribution in [2.75, 3.05) is 31.8 Å². The van der Waals surface area contributed by atoms with E-state index in [1.54, 1.807) is 0 Å². The second kappa shape index (κ2) is 7.79. The molecule has 1 aromatic carbocycles. The third-order valence-electron chi connectivity index (χ3n) is 4.90. The van der Waals surface area contributed by atoms with Crippen molar-refractivity contribution in [3.05, 3.63) is 27.9 Å². The van der Waals surface area contributed by atoms with Gasteiger partial charge >= 0.3 is 5.97 Å². The summed E-state index contributed by atoms with van der Waals surface area (Å²) in [6.07, 6.45) is 2.73. The Balaban J connectivity index is 2.20. The van der Waals surface area contributed by atoms with Gasteiger partial charge in [-0.25, -0.2) is 4.79 Å². The number of carbonyl (C=O) groups excluding carboxylic acids is 1. The quantitative estimate of drug-likeness (QED) is 0.677. The van der Waals surface area contributed by atoms with Gasteiger partial charge in [-0.1, -0.05) is 6.92 Å². The van der Waals surface area contributed by atoms with Crippen LogP contribution in [0.4, 0.5) is 5.69 Å². The number of esters is 1. The van der Waals surface area contributed by atoms with Crippen LogP contribution >= 0.6 is 15.9 Å². The number of nitrogens with zero attached hydrogens (tertiary/aromatic N) is 1. The molecule has 1 saturated heterocycles. The van der Waals surface area contributed by atoms with Gasteiger partial charge in [-0.15, -0.1) is 0 Å². The number of furan rings is 1. The molecule has 0 bridgehead atoms. The first kappa shape index (κ1) is 18.3. The van der Waals surface area contributed by atoms with E-state index in [1.807, 2.05) is 6.07 Å². The van der Waals surface area contributed by atoms with Gasteiger partial charge in [0.05, 0.1) is 12.7 Å². The number of hydrogen-bond donors (Lipinski definition) is 0. The van der Waals surface area contributed by atoms with Crippen LogP contribution in [0.5, 0.6) is 0 Å². The highest BCUT2D eigenvalue weighted by molar-refractivity contribution is 9.10. The molecule has 0 amide bonds. The van der Waals surface area contributed by atoms with Crippen molar-refractivity contribution in [1.82, 2.24) is 0 Å². The van der Waals surface area contributed by atoms with E-state index in [0.717, 1.165) is 55.7 Å². The number of carbonyl (C=O) groups is 1. The highest BCUT2D eigenvalue weighted by Crippen LogP contribution is 2.37. The monoisotopic (exact) mass is 409 g/mol. The molecule has 1 aliphatic heterocycles. The van der Waals surface area contributed by atoms with Crippen molar-refractivity contribution in [1.29, 1.82) is 0 Å². The fourth-order valence-electron chi connectivity index (χ4n) is 3.75. The number of rotatable bonds is 5. The van der Waals surface area contributed by atoms with Crippen molar-refractivity contribution in [3.8, 4) is 0 Å². The molecule has 0 N–H and O–H groups in total. The lowest BCUT2D eigenvalue weighted by Gasteiger charge is -2.36. The lowest BCUT2D eigenvalue weighted by atomic mass is 9.96. The minimum atomic E-state index is -0.319. The van der Waals surface area contributed by atoms with E-state index in [2.05, 4.69) is 40.7 Å². The third kappa shape index (κ3) is 3.42. The van der Waals surface area contributed by atoms with Crippen LogP contribution in [0.25, 0.3) is 11.0 Å². The zero-order valence-electron chi connectivity index (χ0n) is 14.9. The first-order valence-electron chi connectivity index (χ1n) is 8.78. The molecule has 136 valence electrons. The predicted octanol–water partition coefficient (Wildman–Crippen LogP) is 4.55. The van der Waals surface area contributed by atoms with Gasteiger partial charge in [-0.3, -0.25) is 0 Å². The van der Waals surface area contributed by atoms with Gasteiger partial charge in [0.2, 0.25) is 0 Å². The number of methoxy groups -OCH3 is 1. The molecule has 0 aliphatic carbocycles. The molecule has 0 atom stereocenters. The van der Waals surface area contributed by atoms with E-state index in [9.17, 15) is 4.79 Å². The summed E-state index contributed by atoms with van der Waals surface area (Å²) in [6.45, 7) is 6.65. The summed E-state index contributed by atoms with van der Waals surface area (Å²) in [4.78, 5) is 14.9. The molecule has 6 heteroatoms. The lowest BCUT2D eigenvalue weighted by molar-refractivity contribution is 0.0601. The summed E-state index contributed by atoms with van der Waals surface area (Å²) >= 11 is 3.38. The molecule has 3 rings (SSSR count). The molecule has 2 heterocycles. The van der Waals surface area contributed by atoms with E-state index in [4.69, 9.17) is 13.9 Å². The zero-order valence-corrected chi connectivity index (χ0v) is 16.5. The molecule has 1 fully saturated rings. The molecule has 0 radical (unpaired) electrons. The Morgan fingerprint density at radius 1 is 1.32 bits per heavy atom. The van der Waals surface area contributed by atoms with E-state index >= 15 is 0 Å². The second-order valence-electron chi connectivity index (χ2n) is 6.19. The van der Waals surface area contributed by atoms with Gasteiger partial charge in [0.25, 0.3) is 0 Å². The summed E-state index contributed by atoms with van der Waals surface area (Å²) in [5.41, 5.74) is 3.38. The fraction of sp³-hybridized carbons (Fsp3) is 0.526. The predicted molar refractivity (Wildman–Crippen MR) is 101 cm³/mol. The molecule has 0 saturated carbocycles. The Labute approximate surface area is 156 Å². The summed E-state index contributed by atoms with van der Waals surface area (Å²) in [5.74, 6) is -0.319. The Morgan fingerprint density at radius 2 is 2.04 bits per heavy atom. The summed E-state index contributed by atoms with van der Waals surface area (Å²) < 4.78 is 17.0. The van der Waals surface area contributed by atoms with Crippen LogP contribution in [0.3, 0.4) is 0 Å². The SMILES string of the molecule is CCc1c(N(CC)C2CCOCC2)cc2oc(Br)cc2c1C(=O)OC. The second-order valence-corrected chi connectivity index (χ2v) is 6.97. The molecule has 1 aromatic heterocycles. The first-order valence-corrected chi connectivity index (χ1v) is 9.57. The zero-order chi connectivity index (χ0) is 18.0. The fourth-order valence-corrected chi connectivity index (χ4v) is 4.15. The van der Waals surface area contributed by atoms with Gasteiger partial charge in [-0.2, -0.15) is 0 Å². The number of ether oxygens (including phenoxy) is 2. The van der Waals surface area contributed by atoms with Crippen LogP contribution in [0.1, 0.15) is 42.6 Å². The van der Waals surface area contributed by atoms with Crippen LogP contribution in [0, 0.1) is 0 Å². The van der Waals surface area contributed by atoms with Crippen molar-refractivity contribution < 1.29 is 18.7 Å². The smallest absolute Gasteiger partial charge is 0.338 e. The summed E-state index contributed by atoms with van der Waals surface area (Å²) in [7, 11) is 1.42. The van der Waals surface area contributed by atoms with Gasteiger partial charge in [0.15, 0.2) is 4.67 Å². The van der Waals surface area contributed by atoms with Gasteiger partial charge in [0, 0.05) is 42.9 Å². The molecule has 0 unspecified atom stereocenters. The normalized spacial score (nSPS) is 15.5. The molecular formula is C19H24BrNO4. The van der Waals surface area contributed by atoms with E-state index in [-0.39, 0.29) is 5.97 Å². The molecule has 25 heavy (non-hydrogen) atoms. The minimum Gasteiger partial charge on any atom is -0.465 e. The maximum atomic E-state index is 12.5. The van der Waals surface area contributed by atoms with E-state index in [1.165, 1.54) is 7.11 Å². The third-order valence-corrected chi connectivity index (χ3v) is 5.29. The Kier molecular flexibility index (Phi) is 5.69. The maximum Gasteiger partial charge on any atom is 0.338 e. The van der Waals surface area contributed by atoms with Crippen LogP contribution < -0.4 is 4.90 Å². The first-order chi connectivity index (χ1) is 12.1. The molecule has 0 spiro atoms. The van der Waals surface area contributed by atoms with Crippen LogP contribution in [-0.2, 0) is 15.9 Å². The topological polar surface area (TPSA) is 51.9 Å². The Morgan fingerprint density at radius 3 is 2.64 bits per heavy atom.